The molecule has 1 aromatic rings. The highest BCUT2D eigenvalue weighted by Gasteiger charge is 2.08. The largest absolute Gasteiger partial charge is 0.490 e. The number of para-hydroxylation sites is 1. The topological polar surface area (TPSA) is 73.6 Å². The minimum absolute atomic E-state index is 0.421. The molecule has 0 aliphatic heterocycles. The Kier molecular flexibility index (Phi) is 6.10. The van der Waals surface area contributed by atoms with Crippen LogP contribution in [0.1, 0.15) is 5.56 Å². The Morgan fingerprint density at radius 2 is 2.17 bits per heavy atom. The molecule has 0 radical (unpaired) electrons. The molecule has 0 fully saturated rings. The van der Waals surface area contributed by atoms with Crippen molar-refractivity contribution in [2.75, 3.05) is 20.3 Å². The molecule has 98 valence electrons. The fourth-order valence-electron chi connectivity index (χ4n) is 1.36. The summed E-state index contributed by atoms with van der Waals surface area (Å²) in [5, 5.41) is 0. The Labute approximate surface area is 112 Å². The summed E-state index contributed by atoms with van der Waals surface area (Å²) in [5.41, 5.74) is 6.32. The quantitative estimate of drug-likeness (QED) is 0.391. The van der Waals surface area contributed by atoms with Crippen LogP contribution >= 0.6 is 12.8 Å². The lowest BCUT2D eigenvalue weighted by atomic mass is 10.1. The lowest BCUT2D eigenvalue weighted by Crippen LogP contribution is -2.12. The molecule has 0 aliphatic rings. The molecule has 0 aromatic heterocycles. The van der Waals surface area contributed by atoms with Crippen LogP contribution in [0.4, 0.5) is 0 Å². The summed E-state index contributed by atoms with van der Waals surface area (Å²) in [5.74, 6) is 0.0712. The lowest BCUT2D eigenvalue weighted by Gasteiger charge is -2.13. The number of primary amides is 1. The maximum Gasteiger partial charge on any atom is 0.243 e. The Balaban J connectivity index is 2.95. The normalized spacial score (nSPS) is 11.1. The van der Waals surface area contributed by atoms with Gasteiger partial charge in [-0.2, -0.15) is 0 Å². The maximum absolute atomic E-state index is 10.9. The molecule has 0 bridgehead atoms. The molecule has 18 heavy (non-hydrogen) atoms. The smallest absolute Gasteiger partial charge is 0.243 e. The van der Waals surface area contributed by atoms with Gasteiger partial charge < -0.3 is 19.9 Å². The van der Waals surface area contributed by atoms with Gasteiger partial charge in [0.05, 0.1) is 12.3 Å². The zero-order chi connectivity index (χ0) is 13.4. The standard InChI is InChI=1S/C12H16N2O3S/c1-16-6-7-17-11-5-3-2-4-9(11)10(14-18)8-12(13)15/h2-5,8,14,18H,6-7H2,1H3,(H2,13,15)/b10-8-. The number of nitrogens with one attached hydrogen (secondary N) is 1. The number of ether oxygens (including phenoxy) is 2. The number of thiol groups is 1. The molecule has 0 unspecified atom stereocenters. The highest BCUT2D eigenvalue weighted by Crippen LogP contribution is 2.24. The van der Waals surface area contributed by atoms with Crippen LogP contribution in [0.3, 0.4) is 0 Å². The number of methoxy groups -OCH3 is 1. The van der Waals surface area contributed by atoms with E-state index >= 15 is 0 Å². The van der Waals surface area contributed by atoms with Crippen molar-refractivity contribution in [3.8, 4) is 5.75 Å². The Bertz CT molecular complexity index is 435. The van der Waals surface area contributed by atoms with Gasteiger partial charge in [-0.25, -0.2) is 0 Å². The van der Waals surface area contributed by atoms with E-state index in [0.29, 0.717) is 30.2 Å². The first-order chi connectivity index (χ1) is 8.69. The number of hydrogen-bond acceptors (Lipinski definition) is 5. The highest BCUT2D eigenvalue weighted by atomic mass is 32.1. The SMILES string of the molecule is COCCOc1ccccc1/C(=C/C(N)=O)NS. The van der Waals surface area contributed by atoms with E-state index in [4.69, 9.17) is 15.2 Å². The van der Waals surface area contributed by atoms with Gasteiger partial charge in [0.2, 0.25) is 5.91 Å². The number of amides is 1. The van der Waals surface area contributed by atoms with Crippen LogP contribution in [0.5, 0.6) is 5.75 Å². The van der Waals surface area contributed by atoms with Gasteiger partial charge in [0.15, 0.2) is 0 Å². The van der Waals surface area contributed by atoms with E-state index in [9.17, 15) is 4.79 Å². The number of carbonyl (C=O) groups excluding carboxylic acids is 1. The van der Waals surface area contributed by atoms with Gasteiger partial charge in [-0.15, -0.1) is 0 Å². The van der Waals surface area contributed by atoms with Crippen molar-refractivity contribution in [3.63, 3.8) is 0 Å². The monoisotopic (exact) mass is 268 g/mol. The van der Waals surface area contributed by atoms with Crippen LogP contribution in [0, 0.1) is 0 Å². The summed E-state index contributed by atoms with van der Waals surface area (Å²) >= 11 is 3.95. The number of hydrogen-bond donors (Lipinski definition) is 3. The van der Waals surface area contributed by atoms with E-state index in [1.807, 2.05) is 12.1 Å². The van der Waals surface area contributed by atoms with E-state index in [-0.39, 0.29) is 0 Å². The van der Waals surface area contributed by atoms with E-state index < -0.39 is 5.91 Å². The molecule has 0 heterocycles. The van der Waals surface area contributed by atoms with E-state index in [0.717, 1.165) is 0 Å². The first-order valence-corrected chi connectivity index (χ1v) is 5.76. The number of nitrogens with two attached hydrogens (primary N) is 1. The van der Waals surface area contributed by atoms with Crippen LogP contribution in [0.25, 0.3) is 5.70 Å². The van der Waals surface area contributed by atoms with Gasteiger partial charge >= 0.3 is 0 Å². The van der Waals surface area contributed by atoms with Crippen molar-refractivity contribution >= 4 is 24.4 Å². The molecular weight excluding hydrogens is 252 g/mol. The minimum atomic E-state index is -0.557. The van der Waals surface area contributed by atoms with Crippen molar-refractivity contribution in [2.24, 2.45) is 5.73 Å². The summed E-state index contributed by atoms with van der Waals surface area (Å²) < 4.78 is 13.1. The van der Waals surface area contributed by atoms with Crippen molar-refractivity contribution in [1.29, 1.82) is 0 Å². The second-order valence-electron chi connectivity index (χ2n) is 3.41. The molecule has 1 aromatic carbocycles. The number of carbonyl (C=O) groups is 1. The van der Waals surface area contributed by atoms with Gasteiger partial charge in [0, 0.05) is 18.7 Å². The predicted molar refractivity (Wildman–Crippen MR) is 73.1 cm³/mol. The first-order valence-electron chi connectivity index (χ1n) is 5.31. The third kappa shape index (κ3) is 4.31. The van der Waals surface area contributed by atoms with Gasteiger partial charge in [0.25, 0.3) is 0 Å². The van der Waals surface area contributed by atoms with Crippen LogP contribution in [0.2, 0.25) is 0 Å². The molecule has 1 amide bonds. The first kappa shape index (κ1) is 14.4. The third-order valence-corrected chi connectivity index (χ3v) is 2.37. The van der Waals surface area contributed by atoms with E-state index in [2.05, 4.69) is 17.5 Å². The highest BCUT2D eigenvalue weighted by molar-refractivity contribution is 7.78. The number of benzene rings is 1. The minimum Gasteiger partial charge on any atom is -0.490 e. The predicted octanol–water partition coefficient (Wildman–Crippen LogP) is 0.972. The van der Waals surface area contributed by atoms with Crippen molar-refractivity contribution in [2.45, 2.75) is 0 Å². The van der Waals surface area contributed by atoms with E-state index in [1.54, 1.807) is 19.2 Å². The second-order valence-corrected chi connectivity index (χ2v) is 3.63. The van der Waals surface area contributed by atoms with Crippen LogP contribution in [-0.4, -0.2) is 26.2 Å². The van der Waals surface area contributed by atoms with Gasteiger partial charge in [-0.3, -0.25) is 4.79 Å². The molecule has 0 atom stereocenters. The fourth-order valence-corrected chi connectivity index (χ4v) is 1.55. The zero-order valence-electron chi connectivity index (χ0n) is 10.1. The molecule has 1 rings (SSSR count). The summed E-state index contributed by atoms with van der Waals surface area (Å²) in [6.45, 7) is 0.904. The molecule has 5 nitrogen and oxygen atoms in total. The Morgan fingerprint density at radius 1 is 1.44 bits per heavy atom. The Hall–Kier alpha value is -1.66. The van der Waals surface area contributed by atoms with Crippen LogP contribution in [0.15, 0.2) is 30.3 Å². The summed E-state index contributed by atoms with van der Waals surface area (Å²) in [6.07, 6.45) is 1.26. The second kappa shape index (κ2) is 7.62. The summed E-state index contributed by atoms with van der Waals surface area (Å²) in [4.78, 5) is 10.9. The average Bonchev–Trinajstić information content (AvgIpc) is 2.37. The Morgan fingerprint density at radius 3 is 2.78 bits per heavy atom. The molecule has 0 spiro atoms. The lowest BCUT2D eigenvalue weighted by molar-refractivity contribution is -0.113. The molecule has 0 aliphatic carbocycles. The van der Waals surface area contributed by atoms with Crippen molar-refractivity contribution in [1.82, 2.24) is 4.72 Å². The molecule has 6 heteroatoms. The molecule has 0 saturated heterocycles. The van der Waals surface area contributed by atoms with Crippen LogP contribution < -0.4 is 15.2 Å². The van der Waals surface area contributed by atoms with Gasteiger partial charge in [-0.05, 0) is 12.1 Å². The van der Waals surface area contributed by atoms with Gasteiger partial charge in [-0.1, -0.05) is 24.9 Å². The summed E-state index contributed by atoms with van der Waals surface area (Å²) in [6, 6.07) is 7.27. The summed E-state index contributed by atoms with van der Waals surface area (Å²) in [7, 11) is 1.60. The zero-order valence-corrected chi connectivity index (χ0v) is 10.9. The molecule has 3 N–H and O–H groups in total. The van der Waals surface area contributed by atoms with Crippen molar-refractivity contribution in [3.05, 3.63) is 35.9 Å². The molecular formula is C12H16N2O3S. The van der Waals surface area contributed by atoms with Gasteiger partial charge in [0.1, 0.15) is 12.4 Å². The fraction of sp³-hybridized carbons (Fsp3) is 0.250. The number of rotatable bonds is 7. The molecule has 0 saturated carbocycles. The maximum atomic E-state index is 10.9. The third-order valence-electron chi connectivity index (χ3n) is 2.13. The van der Waals surface area contributed by atoms with Crippen molar-refractivity contribution < 1.29 is 14.3 Å². The van der Waals surface area contributed by atoms with Crippen LogP contribution in [-0.2, 0) is 9.53 Å². The average molecular weight is 268 g/mol. The van der Waals surface area contributed by atoms with E-state index in [1.165, 1.54) is 6.08 Å².